The smallest absolute Gasteiger partial charge is 0.374 e. The van der Waals surface area contributed by atoms with E-state index in [1.807, 2.05) is 6.92 Å². The van der Waals surface area contributed by atoms with Gasteiger partial charge in [0, 0.05) is 11.6 Å². The van der Waals surface area contributed by atoms with Gasteiger partial charge in [0.15, 0.2) is 5.82 Å². The Kier molecular flexibility index (Phi) is 3.34. The first-order valence-corrected chi connectivity index (χ1v) is 5.59. The maximum atomic E-state index is 13.9. The summed E-state index contributed by atoms with van der Waals surface area (Å²) in [6, 6.07) is 4.26. The van der Waals surface area contributed by atoms with E-state index in [0.717, 1.165) is 11.6 Å². The Hall–Kier alpha value is -1.88. The number of carboxylic acid groups (broad SMARTS) is 1. The van der Waals surface area contributed by atoms with Crippen molar-refractivity contribution in [3.8, 4) is 11.3 Å². The molecule has 1 N–H and O–H groups in total. The van der Waals surface area contributed by atoms with E-state index in [9.17, 15) is 9.18 Å². The van der Waals surface area contributed by atoms with E-state index in [1.54, 1.807) is 6.07 Å². The van der Waals surface area contributed by atoms with E-state index >= 15 is 0 Å². The Morgan fingerprint density at radius 1 is 1.50 bits per heavy atom. The van der Waals surface area contributed by atoms with Crippen molar-refractivity contribution in [1.82, 2.24) is 5.16 Å². The lowest BCUT2D eigenvalue weighted by Crippen LogP contribution is -1.92. The van der Waals surface area contributed by atoms with Crippen LogP contribution < -0.4 is 0 Å². The van der Waals surface area contributed by atoms with Gasteiger partial charge in [-0.3, -0.25) is 0 Å². The molecular weight excluding hydrogens is 261 g/mol. The van der Waals surface area contributed by atoms with Crippen LogP contribution in [-0.4, -0.2) is 16.2 Å². The quantitative estimate of drug-likeness (QED) is 0.927. The van der Waals surface area contributed by atoms with Gasteiger partial charge in [-0.05, 0) is 24.1 Å². The summed E-state index contributed by atoms with van der Waals surface area (Å²) in [5, 5.41) is 12.2. The van der Waals surface area contributed by atoms with Crippen LogP contribution in [0.2, 0.25) is 5.02 Å². The molecule has 0 aliphatic carbocycles. The van der Waals surface area contributed by atoms with Crippen molar-refractivity contribution in [1.29, 1.82) is 0 Å². The predicted octanol–water partition coefficient (Wildman–Crippen LogP) is 3.39. The van der Waals surface area contributed by atoms with Crippen molar-refractivity contribution < 1.29 is 18.8 Å². The van der Waals surface area contributed by atoms with Gasteiger partial charge in [-0.15, -0.1) is 0 Å². The molecule has 0 aliphatic heterocycles. The lowest BCUT2D eigenvalue weighted by atomic mass is 10.1. The first kappa shape index (κ1) is 12.6. The van der Waals surface area contributed by atoms with Crippen LogP contribution in [0.3, 0.4) is 0 Å². The average molecular weight is 270 g/mol. The minimum absolute atomic E-state index is 0.0239. The third-order valence-corrected chi connectivity index (χ3v) is 2.77. The number of aromatic nitrogens is 1. The van der Waals surface area contributed by atoms with Crippen molar-refractivity contribution in [2.24, 2.45) is 0 Å². The standard InChI is InChI=1S/C12H9ClFNO3/c1-2-6-3-7(11(14)8(13)4-6)9-5-10(12(16)17)18-15-9/h3-5H,2H2,1H3,(H,16,17). The fraction of sp³-hybridized carbons (Fsp3) is 0.167. The SMILES string of the molecule is CCc1cc(Cl)c(F)c(-c2cc(C(=O)O)on2)c1. The molecule has 0 radical (unpaired) electrons. The molecule has 1 heterocycles. The molecule has 0 bridgehead atoms. The van der Waals surface area contributed by atoms with Crippen LogP contribution in [0.25, 0.3) is 11.3 Å². The van der Waals surface area contributed by atoms with Crippen LogP contribution in [0.5, 0.6) is 0 Å². The lowest BCUT2D eigenvalue weighted by Gasteiger charge is -2.04. The molecule has 94 valence electrons. The van der Waals surface area contributed by atoms with Gasteiger partial charge in [-0.25, -0.2) is 9.18 Å². The fourth-order valence-corrected chi connectivity index (χ4v) is 1.78. The van der Waals surface area contributed by atoms with Crippen LogP contribution in [0.15, 0.2) is 22.7 Å². The predicted molar refractivity (Wildman–Crippen MR) is 63.2 cm³/mol. The van der Waals surface area contributed by atoms with Gasteiger partial charge in [-0.2, -0.15) is 0 Å². The zero-order chi connectivity index (χ0) is 13.3. The van der Waals surface area contributed by atoms with Gasteiger partial charge in [0.1, 0.15) is 5.69 Å². The number of benzene rings is 1. The molecule has 6 heteroatoms. The number of halogens is 2. The zero-order valence-corrected chi connectivity index (χ0v) is 10.2. The molecule has 0 aliphatic rings. The van der Waals surface area contributed by atoms with Gasteiger partial charge in [-0.1, -0.05) is 23.7 Å². The van der Waals surface area contributed by atoms with Gasteiger partial charge >= 0.3 is 5.97 Å². The molecular formula is C12H9ClFNO3. The molecule has 18 heavy (non-hydrogen) atoms. The summed E-state index contributed by atoms with van der Waals surface area (Å²) < 4.78 is 18.4. The fourth-order valence-electron chi connectivity index (χ4n) is 1.54. The van der Waals surface area contributed by atoms with Crippen LogP contribution in [0.1, 0.15) is 23.0 Å². The van der Waals surface area contributed by atoms with Crippen LogP contribution in [-0.2, 0) is 6.42 Å². The molecule has 1 aromatic heterocycles. The second-order valence-corrected chi connectivity index (χ2v) is 4.08. The van der Waals surface area contributed by atoms with Crippen molar-refractivity contribution >= 4 is 17.6 Å². The highest BCUT2D eigenvalue weighted by atomic mass is 35.5. The van der Waals surface area contributed by atoms with Gasteiger partial charge in [0.25, 0.3) is 0 Å². The molecule has 1 aromatic carbocycles. The van der Waals surface area contributed by atoms with Crippen LogP contribution in [0, 0.1) is 5.82 Å². The Morgan fingerprint density at radius 3 is 2.78 bits per heavy atom. The maximum Gasteiger partial charge on any atom is 0.374 e. The summed E-state index contributed by atoms with van der Waals surface area (Å²) in [4.78, 5) is 10.7. The van der Waals surface area contributed by atoms with Crippen LogP contribution in [0.4, 0.5) is 4.39 Å². The molecule has 2 aromatic rings. The molecule has 0 spiro atoms. The lowest BCUT2D eigenvalue weighted by molar-refractivity contribution is 0.0652. The van der Waals surface area contributed by atoms with E-state index in [-0.39, 0.29) is 22.0 Å². The van der Waals surface area contributed by atoms with Crippen LogP contribution >= 0.6 is 11.6 Å². The number of carboxylic acids is 1. The van der Waals surface area contributed by atoms with Crippen molar-refractivity contribution in [2.45, 2.75) is 13.3 Å². The number of carbonyl (C=O) groups is 1. The van der Waals surface area contributed by atoms with E-state index in [1.165, 1.54) is 6.07 Å². The first-order chi connectivity index (χ1) is 8.52. The first-order valence-electron chi connectivity index (χ1n) is 5.21. The molecule has 0 unspecified atom stereocenters. The van der Waals surface area contributed by atoms with Gasteiger partial charge in [0.05, 0.1) is 5.02 Å². The normalized spacial score (nSPS) is 10.6. The molecule has 2 rings (SSSR count). The van der Waals surface area contributed by atoms with E-state index < -0.39 is 11.8 Å². The number of aryl methyl sites for hydroxylation is 1. The number of aromatic carboxylic acids is 1. The summed E-state index contributed by atoms with van der Waals surface area (Å²) in [5.74, 6) is -2.24. The molecule has 0 amide bonds. The monoisotopic (exact) mass is 269 g/mol. The molecule has 4 nitrogen and oxygen atoms in total. The highest BCUT2D eigenvalue weighted by Gasteiger charge is 2.17. The highest BCUT2D eigenvalue weighted by molar-refractivity contribution is 6.31. The Bertz CT molecular complexity index is 609. The van der Waals surface area contributed by atoms with Crippen molar-refractivity contribution in [3.63, 3.8) is 0 Å². The Morgan fingerprint density at radius 2 is 2.22 bits per heavy atom. The maximum absolute atomic E-state index is 13.9. The van der Waals surface area contributed by atoms with Crippen molar-refractivity contribution in [3.05, 3.63) is 40.4 Å². The summed E-state index contributed by atoms with van der Waals surface area (Å²) in [6.07, 6.45) is 0.677. The molecule has 0 saturated carbocycles. The second kappa shape index (κ2) is 4.78. The number of hydrogen-bond donors (Lipinski definition) is 1. The average Bonchev–Trinajstić information content (AvgIpc) is 2.82. The largest absolute Gasteiger partial charge is 0.475 e. The van der Waals surface area contributed by atoms with E-state index in [2.05, 4.69) is 9.68 Å². The number of rotatable bonds is 3. The summed E-state index contributed by atoms with van der Waals surface area (Å²) >= 11 is 5.77. The molecule has 0 saturated heterocycles. The Labute approximate surface area is 107 Å². The summed E-state index contributed by atoms with van der Waals surface area (Å²) in [6.45, 7) is 1.90. The second-order valence-electron chi connectivity index (χ2n) is 3.67. The minimum atomic E-state index is -1.26. The van der Waals surface area contributed by atoms with E-state index in [0.29, 0.717) is 6.42 Å². The third-order valence-electron chi connectivity index (χ3n) is 2.49. The number of hydrogen-bond acceptors (Lipinski definition) is 3. The summed E-state index contributed by atoms with van der Waals surface area (Å²) in [5.41, 5.74) is 1.08. The third kappa shape index (κ3) is 2.22. The molecule has 0 atom stereocenters. The van der Waals surface area contributed by atoms with Gasteiger partial charge < -0.3 is 9.63 Å². The minimum Gasteiger partial charge on any atom is -0.475 e. The Balaban J connectivity index is 2.55. The summed E-state index contributed by atoms with van der Waals surface area (Å²) in [7, 11) is 0. The number of nitrogens with zero attached hydrogens (tertiary/aromatic N) is 1. The van der Waals surface area contributed by atoms with Gasteiger partial charge in [0.2, 0.25) is 5.76 Å². The van der Waals surface area contributed by atoms with Crippen molar-refractivity contribution in [2.75, 3.05) is 0 Å². The highest BCUT2D eigenvalue weighted by Crippen LogP contribution is 2.29. The zero-order valence-electron chi connectivity index (χ0n) is 9.41. The molecule has 0 fully saturated rings. The van der Waals surface area contributed by atoms with E-state index in [4.69, 9.17) is 16.7 Å². The topological polar surface area (TPSA) is 63.3 Å².